The lowest BCUT2D eigenvalue weighted by Crippen LogP contribution is -2.12. The van der Waals surface area contributed by atoms with Crippen LogP contribution in [-0.4, -0.2) is 16.3 Å². The summed E-state index contributed by atoms with van der Waals surface area (Å²) in [6, 6.07) is 0. The van der Waals surface area contributed by atoms with Gasteiger partial charge in [0, 0.05) is 11.4 Å². The summed E-state index contributed by atoms with van der Waals surface area (Å²) in [4.78, 5) is 18.3. The smallest absolute Gasteiger partial charge is 0.132 e. The minimum absolute atomic E-state index is 0.318. The van der Waals surface area contributed by atoms with E-state index >= 15 is 0 Å². The number of aromatic amines is 1. The predicted octanol–water partition coefficient (Wildman–Crippen LogP) is 1.95. The van der Waals surface area contributed by atoms with Gasteiger partial charge in [-0.1, -0.05) is 18.7 Å². The van der Waals surface area contributed by atoms with Gasteiger partial charge in [0.15, 0.2) is 0 Å². The van der Waals surface area contributed by atoms with Crippen LogP contribution in [0.15, 0.2) is 42.5 Å². The molecule has 0 aliphatic carbocycles. The number of aldehydes is 1. The lowest BCUT2D eigenvalue weighted by molar-refractivity contribution is -0.108. The van der Waals surface area contributed by atoms with Crippen molar-refractivity contribution in [2.75, 3.05) is 0 Å². The van der Waals surface area contributed by atoms with E-state index in [2.05, 4.69) is 21.9 Å². The van der Waals surface area contributed by atoms with E-state index in [1.165, 1.54) is 0 Å². The minimum Gasteiger partial charge on any atom is -0.362 e. The average molecular weight is 229 g/mol. The fourth-order valence-corrected chi connectivity index (χ4v) is 1.83. The number of hydrogen-bond acceptors (Lipinski definition) is 3. The molecule has 0 spiro atoms. The van der Waals surface area contributed by atoms with Gasteiger partial charge in [-0.05, 0) is 25.1 Å². The van der Waals surface area contributed by atoms with Crippen molar-refractivity contribution in [3.05, 3.63) is 53.9 Å². The van der Waals surface area contributed by atoms with Gasteiger partial charge < -0.3 is 15.1 Å². The van der Waals surface area contributed by atoms with Crippen LogP contribution in [0.4, 0.5) is 0 Å². The highest BCUT2D eigenvalue weighted by atomic mass is 16.1. The molecule has 0 radical (unpaired) electrons. The first-order chi connectivity index (χ1) is 8.22. The van der Waals surface area contributed by atoms with Crippen molar-refractivity contribution in [2.45, 2.75) is 19.3 Å². The molecule has 1 unspecified atom stereocenters. The summed E-state index contributed by atoms with van der Waals surface area (Å²) >= 11 is 0. The molecule has 88 valence electrons. The van der Waals surface area contributed by atoms with Gasteiger partial charge in [0.05, 0.1) is 17.9 Å². The van der Waals surface area contributed by atoms with Crippen molar-refractivity contribution in [3.63, 3.8) is 0 Å². The van der Waals surface area contributed by atoms with Crippen molar-refractivity contribution in [3.8, 4) is 0 Å². The lowest BCUT2D eigenvalue weighted by atomic mass is 9.98. The van der Waals surface area contributed by atoms with E-state index in [9.17, 15) is 4.79 Å². The Morgan fingerprint density at radius 1 is 1.59 bits per heavy atom. The van der Waals surface area contributed by atoms with Crippen LogP contribution in [0.25, 0.3) is 0 Å². The normalized spacial score (nSPS) is 19.1. The van der Waals surface area contributed by atoms with Gasteiger partial charge in [0.1, 0.15) is 6.29 Å². The maximum absolute atomic E-state index is 11.2. The second-order valence-corrected chi connectivity index (χ2v) is 4.00. The topological polar surface area (TPSA) is 57.8 Å². The van der Waals surface area contributed by atoms with E-state index < -0.39 is 0 Å². The molecule has 1 aliphatic rings. The van der Waals surface area contributed by atoms with E-state index in [4.69, 9.17) is 0 Å². The molecule has 0 fully saturated rings. The maximum atomic E-state index is 11.2. The molecule has 1 aliphatic heterocycles. The fraction of sp³-hybridized carbons (Fsp3) is 0.231. The second kappa shape index (κ2) is 4.82. The molecule has 1 atom stereocenters. The van der Waals surface area contributed by atoms with Gasteiger partial charge in [0.2, 0.25) is 0 Å². The number of H-pyrrole nitrogens is 1. The van der Waals surface area contributed by atoms with E-state index in [1.54, 1.807) is 6.33 Å². The molecule has 1 aromatic heterocycles. The number of nitrogens with zero attached hydrogens (tertiary/aromatic N) is 1. The van der Waals surface area contributed by atoms with Crippen LogP contribution in [0.2, 0.25) is 0 Å². The van der Waals surface area contributed by atoms with Crippen molar-refractivity contribution in [2.24, 2.45) is 0 Å². The Morgan fingerprint density at radius 3 is 3.00 bits per heavy atom. The van der Waals surface area contributed by atoms with Crippen LogP contribution < -0.4 is 5.32 Å². The molecule has 2 heterocycles. The van der Waals surface area contributed by atoms with Crippen LogP contribution in [-0.2, 0) is 4.79 Å². The predicted molar refractivity (Wildman–Crippen MR) is 66.2 cm³/mol. The Bertz CT molecular complexity index is 497. The van der Waals surface area contributed by atoms with Crippen LogP contribution in [0.3, 0.4) is 0 Å². The molecular formula is C13H15N3O. The third-order valence-corrected chi connectivity index (χ3v) is 2.81. The zero-order valence-electron chi connectivity index (χ0n) is 9.73. The number of hydrogen-bond donors (Lipinski definition) is 2. The number of nitrogens with one attached hydrogen (secondary N) is 2. The van der Waals surface area contributed by atoms with E-state index in [0.29, 0.717) is 0 Å². The molecule has 0 aromatic carbocycles. The number of allylic oxidation sites excluding steroid dienone is 3. The van der Waals surface area contributed by atoms with Crippen molar-refractivity contribution < 1.29 is 4.79 Å². The van der Waals surface area contributed by atoms with Crippen LogP contribution in [0.1, 0.15) is 23.7 Å². The molecule has 17 heavy (non-hydrogen) atoms. The number of aromatic nitrogens is 2. The molecule has 0 saturated carbocycles. The SMILES string of the molecule is C=C1NC=CC/C1=C/C(C=O)c1nc[nH]c1C. The first-order valence-electron chi connectivity index (χ1n) is 5.49. The molecule has 4 heteroatoms. The molecule has 2 N–H and O–H groups in total. The molecule has 1 aromatic rings. The largest absolute Gasteiger partial charge is 0.362 e. The number of rotatable bonds is 3. The Hall–Kier alpha value is -2.10. The summed E-state index contributed by atoms with van der Waals surface area (Å²) in [5, 5.41) is 3.03. The fourth-order valence-electron chi connectivity index (χ4n) is 1.83. The van der Waals surface area contributed by atoms with E-state index in [1.807, 2.05) is 25.3 Å². The molecule has 0 bridgehead atoms. The first-order valence-corrected chi connectivity index (χ1v) is 5.49. The quantitative estimate of drug-likeness (QED) is 0.779. The standard InChI is InChI=1S/C13H15N3O/c1-9-11(4-3-5-14-9)6-12(7-17)13-10(2)15-8-16-13/h3,5-8,12,14H,1,4H2,2H3,(H,15,16)/b11-6-. The molecule has 4 nitrogen and oxygen atoms in total. The van der Waals surface area contributed by atoms with Crippen molar-refractivity contribution in [1.82, 2.24) is 15.3 Å². The van der Waals surface area contributed by atoms with E-state index in [0.717, 1.165) is 35.4 Å². The summed E-state index contributed by atoms with van der Waals surface area (Å²) < 4.78 is 0. The number of carbonyl (C=O) groups excluding carboxylic acids is 1. The zero-order valence-corrected chi connectivity index (χ0v) is 9.73. The number of aryl methyl sites for hydroxylation is 1. The Balaban J connectivity index is 2.29. The second-order valence-electron chi connectivity index (χ2n) is 4.00. The van der Waals surface area contributed by atoms with Gasteiger partial charge in [-0.3, -0.25) is 0 Å². The van der Waals surface area contributed by atoms with E-state index in [-0.39, 0.29) is 5.92 Å². The summed E-state index contributed by atoms with van der Waals surface area (Å²) in [5.41, 5.74) is 3.57. The van der Waals surface area contributed by atoms with Crippen LogP contribution in [0, 0.1) is 6.92 Å². The monoisotopic (exact) mass is 229 g/mol. The van der Waals surface area contributed by atoms with Crippen molar-refractivity contribution in [1.29, 1.82) is 0 Å². The molecule has 0 amide bonds. The summed E-state index contributed by atoms with van der Waals surface area (Å²) in [5.74, 6) is -0.318. The molecular weight excluding hydrogens is 214 g/mol. The Labute approximate surface area is 100 Å². The summed E-state index contributed by atoms with van der Waals surface area (Å²) in [7, 11) is 0. The highest BCUT2D eigenvalue weighted by Crippen LogP contribution is 2.22. The number of imidazole rings is 1. The van der Waals surface area contributed by atoms with Gasteiger partial charge in [-0.15, -0.1) is 0 Å². The Kier molecular flexibility index (Phi) is 3.23. The van der Waals surface area contributed by atoms with Gasteiger partial charge in [0.25, 0.3) is 0 Å². The summed E-state index contributed by atoms with van der Waals surface area (Å²) in [6.07, 6.45) is 9.07. The summed E-state index contributed by atoms with van der Waals surface area (Å²) in [6.45, 7) is 5.82. The highest BCUT2D eigenvalue weighted by Gasteiger charge is 2.15. The average Bonchev–Trinajstić information content (AvgIpc) is 2.75. The van der Waals surface area contributed by atoms with Gasteiger partial charge >= 0.3 is 0 Å². The molecule has 0 saturated heterocycles. The van der Waals surface area contributed by atoms with Gasteiger partial charge in [-0.2, -0.15) is 0 Å². The highest BCUT2D eigenvalue weighted by molar-refractivity contribution is 5.65. The third-order valence-electron chi connectivity index (χ3n) is 2.81. The van der Waals surface area contributed by atoms with Crippen LogP contribution >= 0.6 is 0 Å². The van der Waals surface area contributed by atoms with Gasteiger partial charge in [-0.25, -0.2) is 4.98 Å². The third kappa shape index (κ3) is 2.36. The zero-order chi connectivity index (χ0) is 12.3. The molecule has 2 rings (SSSR count). The maximum Gasteiger partial charge on any atom is 0.132 e. The first kappa shape index (κ1) is 11.4. The minimum atomic E-state index is -0.318. The Morgan fingerprint density at radius 2 is 2.41 bits per heavy atom. The van der Waals surface area contributed by atoms with Crippen LogP contribution in [0.5, 0.6) is 0 Å². The lowest BCUT2D eigenvalue weighted by Gasteiger charge is -2.15. The number of carbonyl (C=O) groups is 1. The van der Waals surface area contributed by atoms with Crippen molar-refractivity contribution >= 4 is 6.29 Å².